The quantitative estimate of drug-likeness (QED) is 0.584. The zero-order valence-electron chi connectivity index (χ0n) is 15.2. The van der Waals surface area contributed by atoms with Crippen LogP contribution in [-0.4, -0.2) is 17.0 Å². The molecule has 144 valence electrons. The van der Waals surface area contributed by atoms with Crippen LogP contribution in [0.1, 0.15) is 24.0 Å². The van der Waals surface area contributed by atoms with Crippen molar-refractivity contribution in [3.8, 4) is 5.75 Å². The number of benzene rings is 3. The predicted octanol–water partition coefficient (Wildman–Crippen LogP) is 4.55. The molecule has 0 aliphatic rings. The minimum atomic E-state index is -0.996. The fourth-order valence-corrected chi connectivity index (χ4v) is 3.09. The number of halogens is 1. The Morgan fingerprint density at radius 1 is 0.964 bits per heavy atom. The molecular formula is C22H20ClNO4. The first-order valence-electron chi connectivity index (χ1n) is 8.90. The molecule has 0 aliphatic carbocycles. The fourth-order valence-electron chi connectivity index (χ4n) is 2.90. The molecule has 0 heterocycles. The van der Waals surface area contributed by atoms with Gasteiger partial charge in [-0.25, -0.2) is 0 Å². The summed E-state index contributed by atoms with van der Waals surface area (Å²) < 4.78 is 6.01. The molecule has 0 fully saturated rings. The average Bonchev–Trinajstić information content (AvgIpc) is 2.70. The molecule has 2 N–H and O–H groups in total. The third kappa shape index (κ3) is 5.02. The summed E-state index contributed by atoms with van der Waals surface area (Å²) in [6, 6.07) is 19.1. The number of nitrogens with one attached hydrogen (secondary N) is 1. The van der Waals surface area contributed by atoms with E-state index in [0.717, 1.165) is 21.9 Å². The summed E-state index contributed by atoms with van der Waals surface area (Å²) in [5, 5.41) is 14.1. The van der Waals surface area contributed by atoms with Crippen molar-refractivity contribution in [2.75, 3.05) is 0 Å². The van der Waals surface area contributed by atoms with Crippen LogP contribution in [0, 0.1) is 0 Å². The highest BCUT2D eigenvalue weighted by atomic mass is 35.5. The van der Waals surface area contributed by atoms with Gasteiger partial charge in [0.25, 0.3) is 0 Å². The summed E-state index contributed by atoms with van der Waals surface area (Å²) in [6.45, 7) is 0.551. The van der Waals surface area contributed by atoms with E-state index in [2.05, 4.69) is 5.32 Å². The highest BCUT2D eigenvalue weighted by Gasteiger charge is 2.12. The summed E-state index contributed by atoms with van der Waals surface area (Å²) in [5.74, 6) is -0.659. The van der Waals surface area contributed by atoms with Crippen LogP contribution < -0.4 is 10.1 Å². The molecule has 0 spiro atoms. The third-order valence-electron chi connectivity index (χ3n) is 4.37. The van der Waals surface area contributed by atoms with E-state index < -0.39 is 5.97 Å². The van der Waals surface area contributed by atoms with Gasteiger partial charge in [0.2, 0.25) is 5.91 Å². The molecule has 0 atom stereocenters. The molecule has 0 saturated carbocycles. The standard InChI is InChI=1S/C22H20ClNO4/c23-19-8-4-2-6-16(19)14-28-20-10-9-15-5-1-3-7-17(15)18(20)13-24-21(25)11-12-22(26)27/h1-10H,11-14H2,(H,24,25)(H,26,27). The van der Waals surface area contributed by atoms with Gasteiger partial charge in [0.05, 0.1) is 6.42 Å². The zero-order valence-corrected chi connectivity index (χ0v) is 15.9. The monoisotopic (exact) mass is 397 g/mol. The van der Waals surface area contributed by atoms with Crippen LogP contribution in [0.3, 0.4) is 0 Å². The van der Waals surface area contributed by atoms with E-state index in [0.29, 0.717) is 17.4 Å². The van der Waals surface area contributed by atoms with Crippen LogP contribution in [0.25, 0.3) is 10.8 Å². The van der Waals surface area contributed by atoms with Crippen molar-refractivity contribution in [2.24, 2.45) is 0 Å². The van der Waals surface area contributed by atoms with E-state index in [1.807, 2.05) is 60.7 Å². The molecule has 0 bridgehead atoms. The first-order valence-corrected chi connectivity index (χ1v) is 9.27. The maximum Gasteiger partial charge on any atom is 0.303 e. The molecule has 0 aromatic heterocycles. The maximum absolute atomic E-state index is 12.0. The van der Waals surface area contributed by atoms with Crippen molar-refractivity contribution in [3.63, 3.8) is 0 Å². The van der Waals surface area contributed by atoms with Gasteiger partial charge in [0.1, 0.15) is 12.4 Å². The number of rotatable bonds is 8. The molecule has 0 saturated heterocycles. The number of carbonyl (C=O) groups is 2. The van der Waals surface area contributed by atoms with Crippen LogP contribution in [0.2, 0.25) is 5.02 Å². The topological polar surface area (TPSA) is 75.6 Å². The van der Waals surface area contributed by atoms with Gasteiger partial charge in [-0.05, 0) is 22.9 Å². The average molecular weight is 398 g/mol. The minimum Gasteiger partial charge on any atom is -0.488 e. The number of hydrogen-bond donors (Lipinski definition) is 2. The van der Waals surface area contributed by atoms with Crippen LogP contribution in [0.15, 0.2) is 60.7 Å². The third-order valence-corrected chi connectivity index (χ3v) is 4.74. The molecule has 6 heteroatoms. The molecule has 3 rings (SSSR count). The fraction of sp³-hybridized carbons (Fsp3) is 0.182. The number of fused-ring (bicyclic) bond motifs is 1. The van der Waals surface area contributed by atoms with Crippen LogP contribution in [-0.2, 0) is 22.7 Å². The van der Waals surface area contributed by atoms with Crippen molar-refractivity contribution in [1.82, 2.24) is 5.32 Å². The number of aliphatic carboxylic acids is 1. The van der Waals surface area contributed by atoms with Crippen LogP contribution in [0.4, 0.5) is 0 Å². The second-order valence-electron chi connectivity index (χ2n) is 6.31. The van der Waals surface area contributed by atoms with E-state index in [1.165, 1.54) is 0 Å². The molecule has 0 aliphatic heterocycles. The lowest BCUT2D eigenvalue weighted by Gasteiger charge is -2.15. The summed E-state index contributed by atoms with van der Waals surface area (Å²) in [6.07, 6.45) is -0.257. The van der Waals surface area contributed by atoms with E-state index in [4.69, 9.17) is 21.4 Å². The first-order chi connectivity index (χ1) is 13.5. The van der Waals surface area contributed by atoms with Gasteiger partial charge in [-0.1, -0.05) is 60.1 Å². The molecule has 0 unspecified atom stereocenters. The summed E-state index contributed by atoms with van der Waals surface area (Å²) in [7, 11) is 0. The largest absolute Gasteiger partial charge is 0.488 e. The predicted molar refractivity (Wildman–Crippen MR) is 108 cm³/mol. The van der Waals surface area contributed by atoms with Gasteiger partial charge in [-0.15, -0.1) is 0 Å². The highest BCUT2D eigenvalue weighted by Crippen LogP contribution is 2.29. The van der Waals surface area contributed by atoms with E-state index in [9.17, 15) is 9.59 Å². The van der Waals surface area contributed by atoms with Gasteiger partial charge >= 0.3 is 5.97 Å². The van der Waals surface area contributed by atoms with Gasteiger partial charge in [0, 0.05) is 29.1 Å². The Morgan fingerprint density at radius 2 is 1.71 bits per heavy atom. The SMILES string of the molecule is O=C(O)CCC(=O)NCc1c(OCc2ccccc2Cl)ccc2ccccc12. The van der Waals surface area contributed by atoms with Crippen molar-refractivity contribution >= 4 is 34.2 Å². The van der Waals surface area contributed by atoms with Crippen LogP contribution in [0.5, 0.6) is 5.75 Å². The Kier molecular flexibility index (Phi) is 6.50. The smallest absolute Gasteiger partial charge is 0.303 e. The van der Waals surface area contributed by atoms with E-state index >= 15 is 0 Å². The number of amides is 1. The van der Waals surface area contributed by atoms with Crippen molar-refractivity contribution in [1.29, 1.82) is 0 Å². The molecule has 5 nitrogen and oxygen atoms in total. The Hall–Kier alpha value is -3.05. The second-order valence-corrected chi connectivity index (χ2v) is 6.72. The Morgan fingerprint density at radius 3 is 2.50 bits per heavy atom. The number of hydrogen-bond acceptors (Lipinski definition) is 3. The minimum absolute atomic E-state index is 0.0596. The Labute approximate surface area is 167 Å². The Bertz CT molecular complexity index is 1000. The lowest BCUT2D eigenvalue weighted by molar-refractivity contribution is -0.138. The summed E-state index contributed by atoms with van der Waals surface area (Å²) in [4.78, 5) is 22.6. The summed E-state index contributed by atoms with van der Waals surface area (Å²) in [5.41, 5.74) is 1.71. The second kappa shape index (κ2) is 9.24. The van der Waals surface area contributed by atoms with Gasteiger partial charge < -0.3 is 15.2 Å². The number of carbonyl (C=O) groups excluding carboxylic acids is 1. The van der Waals surface area contributed by atoms with E-state index in [-0.39, 0.29) is 25.3 Å². The maximum atomic E-state index is 12.0. The van der Waals surface area contributed by atoms with Crippen LogP contribution >= 0.6 is 11.6 Å². The van der Waals surface area contributed by atoms with E-state index in [1.54, 1.807) is 0 Å². The molecule has 28 heavy (non-hydrogen) atoms. The molecular weight excluding hydrogens is 378 g/mol. The summed E-state index contributed by atoms with van der Waals surface area (Å²) >= 11 is 6.20. The normalized spacial score (nSPS) is 10.6. The van der Waals surface area contributed by atoms with Crippen molar-refractivity contribution < 1.29 is 19.4 Å². The first kappa shape index (κ1) is 19.7. The lowest BCUT2D eigenvalue weighted by Crippen LogP contribution is -2.23. The van der Waals surface area contributed by atoms with Crippen molar-refractivity contribution in [2.45, 2.75) is 26.0 Å². The highest BCUT2D eigenvalue weighted by molar-refractivity contribution is 6.31. The van der Waals surface area contributed by atoms with Gasteiger partial charge in [-0.2, -0.15) is 0 Å². The molecule has 0 radical (unpaired) electrons. The number of carboxylic acids is 1. The Balaban J connectivity index is 1.81. The molecule has 3 aromatic rings. The molecule has 1 amide bonds. The van der Waals surface area contributed by atoms with Gasteiger partial charge in [0.15, 0.2) is 0 Å². The number of carboxylic acid groups (broad SMARTS) is 1. The number of ether oxygens (including phenoxy) is 1. The van der Waals surface area contributed by atoms with Gasteiger partial charge in [-0.3, -0.25) is 9.59 Å². The van der Waals surface area contributed by atoms with Crippen molar-refractivity contribution in [3.05, 3.63) is 76.8 Å². The lowest BCUT2D eigenvalue weighted by atomic mass is 10.0. The molecule has 3 aromatic carbocycles. The zero-order chi connectivity index (χ0) is 19.9.